The Hall–Kier alpha value is -1.61. The number of ether oxygens (including phenoxy) is 1. The number of esters is 1. The van der Waals surface area contributed by atoms with Gasteiger partial charge in [0.05, 0.1) is 7.11 Å². The molecule has 0 aromatic carbocycles. The monoisotopic (exact) mass is 293 g/mol. The van der Waals surface area contributed by atoms with Crippen molar-refractivity contribution < 1.29 is 34.1 Å². The highest BCUT2D eigenvalue weighted by Crippen LogP contribution is 2.18. The van der Waals surface area contributed by atoms with E-state index in [1.54, 1.807) is 0 Å². The smallest absolute Gasteiger partial charge is 0.372 e. The van der Waals surface area contributed by atoms with E-state index in [1.807, 2.05) is 0 Å². The van der Waals surface area contributed by atoms with Crippen molar-refractivity contribution >= 4 is 35.5 Å². The Morgan fingerprint density at radius 3 is 2.26 bits per heavy atom. The quantitative estimate of drug-likeness (QED) is 0.364. The van der Waals surface area contributed by atoms with Gasteiger partial charge >= 0.3 is 17.9 Å². The van der Waals surface area contributed by atoms with Crippen molar-refractivity contribution in [1.82, 2.24) is 0 Å². The molecule has 0 saturated carbocycles. The van der Waals surface area contributed by atoms with Crippen LogP contribution in [0.15, 0.2) is 0 Å². The molecule has 0 aliphatic heterocycles. The molecule has 0 fully saturated rings. The zero-order valence-electron chi connectivity index (χ0n) is 10.2. The molecular weight excluding hydrogens is 278 g/mol. The van der Waals surface area contributed by atoms with E-state index >= 15 is 0 Å². The highest BCUT2D eigenvalue weighted by molar-refractivity contribution is 8.00. The summed E-state index contributed by atoms with van der Waals surface area (Å²) in [6.07, 6.45) is -0.413. The maximum absolute atomic E-state index is 11.3. The number of aliphatic carboxylic acids is 2. The summed E-state index contributed by atoms with van der Waals surface area (Å²) in [5, 5.41) is 16.0. The molecule has 19 heavy (non-hydrogen) atoms. The molecule has 0 saturated heterocycles. The fourth-order valence-electron chi connectivity index (χ4n) is 1.06. The topological polar surface area (TPSA) is 144 Å². The van der Waals surface area contributed by atoms with Crippen molar-refractivity contribution in [2.45, 2.75) is 24.1 Å². The lowest BCUT2D eigenvalue weighted by Crippen LogP contribution is -2.31. The first-order valence-corrected chi connectivity index (χ1v) is 6.28. The molecule has 0 heterocycles. The van der Waals surface area contributed by atoms with E-state index in [4.69, 9.17) is 15.9 Å². The van der Waals surface area contributed by atoms with Crippen molar-refractivity contribution in [1.29, 1.82) is 0 Å². The molecule has 0 bridgehead atoms. The van der Waals surface area contributed by atoms with Crippen LogP contribution in [0.4, 0.5) is 0 Å². The molecule has 108 valence electrons. The lowest BCUT2D eigenvalue weighted by molar-refractivity contribution is -0.150. The van der Waals surface area contributed by atoms with Crippen LogP contribution in [0.25, 0.3) is 0 Å². The number of carboxylic acids is 2. The second-order valence-electron chi connectivity index (χ2n) is 3.55. The van der Waals surface area contributed by atoms with E-state index in [0.29, 0.717) is 0 Å². The minimum Gasteiger partial charge on any atom is -0.480 e. The zero-order chi connectivity index (χ0) is 15.0. The second kappa shape index (κ2) is 8.48. The second-order valence-corrected chi connectivity index (χ2v) is 4.86. The Balaban J connectivity index is 4.37. The Kier molecular flexibility index (Phi) is 7.77. The highest BCUT2D eigenvalue weighted by Gasteiger charge is 2.26. The van der Waals surface area contributed by atoms with Crippen LogP contribution in [0.5, 0.6) is 0 Å². The Morgan fingerprint density at radius 2 is 1.84 bits per heavy atom. The van der Waals surface area contributed by atoms with Crippen LogP contribution in [0.3, 0.4) is 0 Å². The Morgan fingerprint density at radius 1 is 1.26 bits per heavy atom. The number of carbonyl (C=O) groups is 4. The molecule has 0 aliphatic rings. The molecule has 1 unspecified atom stereocenters. The van der Waals surface area contributed by atoms with E-state index in [-0.39, 0.29) is 12.2 Å². The number of hydrogen-bond acceptors (Lipinski definition) is 7. The molecule has 0 aromatic heterocycles. The number of Topliss-reactive ketones (excluding diaryl/α,β-unsaturated/α-hetero) is 1. The van der Waals surface area contributed by atoms with Gasteiger partial charge in [-0.2, -0.15) is 0 Å². The van der Waals surface area contributed by atoms with Crippen LogP contribution in [-0.2, 0) is 23.9 Å². The SMILES string of the molecule is COC(=O)C(CC(=O)C(=O)O)SCC[C@H](N)C(=O)O. The average Bonchev–Trinajstić information content (AvgIpc) is 2.35. The molecule has 4 N–H and O–H groups in total. The van der Waals surface area contributed by atoms with E-state index < -0.39 is 41.4 Å². The molecule has 0 amide bonds. The fourth-order valence-corrected chi connectivity index (χ4v) is 2.23. The molecule has 0 aromatic rings. The number of ketones is 1. The van der Waals surface area contributed by atoms with Crippen LogP contribution >= 0.6 is 11.8 Å². The summed E-state index contributed by atoms with van der Waals surface area (Å²) in [6, 6.07) is -1.07. The number of nitrogens with two attached hydrogens (primary N) is 1. The van der Waals surface area contributed by atoms with Gasteiger partial charge in [-0.1, -0.05) is 0 Å². The minimum atomic E-state index is -1.63. The van der Waals surface area contributed by atoms with Gasteiger partial charge in [0.2, 0.25) is 5.78 Å². The van der Waals surface area contributed by atoms with Crippen molar-refractivity contribution in [3.05, 3.63) is 0 Å². The van der Waals surface area contributed by atoms with E-state index in [2.05, 4.69) is 4.74 Å². The standard InChI is InChI=1S/C10H15NO7S/c1-18-10(17)7(4-6(12)9(15)16)19-3-2-5(11)8(13)14/h5,7H,2-4,11H2,1H3,(H,13,14)(H,15,16)/t5-,7?/m0/s1. The van der Waals surface area contributed by atoms with Crippen molar-refractivity contribution in [3.8, 4) is 0 Å². The maximum Gasteiger partial charge on any atom is 0.372 e. The van der Waals surface area contributed by atoms with Crippen molar-refractivity contribution in [2.24, 2.45) is 5.73 Å². The number of methoxy groups -OCH3 is 1. The van der Waals surface area contributed by atoms with Crippen molar-refractivity contribution in [3.63, 3.8) is 0 Å². The minimum absolute atomic E-state index is 0.0920. The highest BCUT2D eigenvalue weighted by atomic mass is 32.2. The summed E-state index contributed by atoms with van der Waals surface area (Å²) in [5.41, 5.74) is 5.27. The van der Waals surface area contributed by atoms with E-state index in [9.17, 15) is 19.2 Å². The van der Waals surface area contributed by atoms with Gasteiger partial charge in [-0.05, 0) is 12.2 Å². The first-order chi connectivity index (χ1) is 8.79. The van der Waals surface area contributed by atoms with E-state index in [1.165, 1.54) is 0 Å². The number of thioether (sulfide) groups is 1. The Bertz CT molecular complexity index is 371. The summed E-state index contributed by atoms with van der Waals surface area (Å²) in [6.45, 7) is 0. The van der Waals surface area contributed by atoms with Gasteiger partial charge in [-0.25, -0.2) is 4.79 Å². The van der Waals surface area contributed by atoms with Crippen LogP contribution in [0.2, 0.25) is 0 Å². The zero-order valence-corrected chi connectivity index (χ0v) is 11.0. The first-order valence-electron chi connectivity index (χ1n) is 5.23. The summed E-state index contributed by atoms with van der Waals surface area (Å²) in [5.74, 6) is -4.44. The third-order valence-corrected chi connectivity index (χ3v) is 3.37. The lowest BCUT2D eigenvalue weighted by atomic mass is 10.2. The van der Waals surface area contributed by atoms with Gasteiger partial charge in [-0.15, -0.1) is 11.8 Å². The van der Waals surface area contributed by atoms with Gasteiger partial charge in [0.25, 0.3) is 0 Å². The normalized spacial score (nSPS) is 13.4. The molecule has 2 atom stereocenters. The van der Waals surface area contributed by atoms with Gasteiger partial charge in [0, 0.05) is 6.42 Å². The van der Waals surface area contributed by atoms with Crippen LogP contribution in [-0.4, -0.2) is 58.1 Å². The summed E-state index contributed by atoms with van der Waals surface area (Å²) >= 11 is 0.944. The van der Waals surface area contributed by atoms with Gasteiger partial charge in [-0.3, -0.25) is 14.4 Å². The maximum atomic E-state index is 11.3. The molecular formula is C10H15NO7S. The molecule has 0 aliphatic carbocycles. The fraction of sp³-hybridized carbons (Fsp3) is 0.600. The summed E-state index contributed by atoms with van der Waals surface area (Å²) in [4.78, 5) is 43.3. The van der Waals surface area contributed by atoms with Crippen LogP contribution < -0.4 is 5.73 Å². The number of carbonyl (C=O) groups excluding carboxylic acids is 2. The van der Waals surface area contributed by atoms with Gasteiger partial charge in [0.1, 0.15) is 11.3 Å². The third-order valence-electron chi connectivity index (χ3n) is 2.14. The first kappa shape index (κ1) is 17.4. The van der Waals surface area contributed by atoms with Crippen LogP contribution in [0.1, 0.15) is 12.8 Å². The number of carboxylic acid groups (broad SMARTS) is 2. The third kappa shape index (κ3) is 6.77. The number of hydrogen-bond donors (Lipinski definition) is 3. The van der Waals surface area contributed by atoms with Gasteiger partial charge < -0.3 is 20.7 Å². The Labute approximate surface area is 113 Å². The molecule has 0 spiro atoms. The molecule has 8 nitrogen and oxygen atoms in total. The predicted octanol–water partition coefficient (Wildman–Crippen LogP) is -0.893. The molecule has 9 heteroatoms. The molecule has 0 radical (unpaired) electrons. The largest absolute Gasteiger partial charge is 0.480 e. The predicted molar refractivity (Wildman–Crippen MR) is 65.8 cm³/mol. The molecule has 0 rings (SSSR count). The number of rotatable bonds is 9. The van der Waals surface area contributed by atoms with Crippen molar-refractivity contribution in [2.75, 3.05) is 12.9 Å². The lowest BCUT2D eigenvalue weighted by Gasteiger charge is -2.13. The summed E-state index contributed by atoms with van der Waals surface area (Å²) < 4.78 is 4.45. The summed E-state index contributed by atoms with van der Waals surface area (Å²) in [7, 11) is 1.12. The van der Waals surface area contributed by atoms with Gasteiger partial charge in [0.15, 0.2) is 0 Å². The average molecular weight is 293 g/mol. The van der Waals surface area contributed by atoms with Crippen LogP contribution in [0, 0.1) is 0 Å². The van der Waals surface area contributed by atoms with E-state index in [0.717, 1.165) is 18.9 Å².